The van der Waals surface area contributed by atoms with Gasteiger partial charge in [0.25, 0.3) is 0 Å². The van der Waals surface area contributed by atoms with E-state index in [1.807, 2.05) is 43.0 Å². The van der Waals surface area contributed by atoms with Crippen molar-refractivity contribution in [3.05, 3.63) is 35.7 Å². The SMILES string of the molecule is CC[C@H]1CN(C(=O)Cn2nc(C)nc2-c2ccccc2C)CCO1. The third-order valence-corrected chi connectivity index (χ3v) is 4.40. The predicted molar refractivity (Wildman–Crippen MR) is 91.5 cm³/mol. The maximum absolute atomic E-state index is 12.7. The lowest BCUT2D eigenvalue weighted by Crippen LogP contribution is -2.46. The average Bonchev–Trinajstić information content (AvgIpc) is 2.95. The van der Waals surface area contributed by atoms with Gasteiger partial charge in [-0.05, 0) is 25.8 Å². The van der Waals surface area contributed by atoms with Crippen LogP contribution in [0.2, 0.25) is 0 Å². The fraction of sp³-hybridized carbons (Fsp3) is 0.500. The lowest BCUT2D eigenvalue weighted by atomic mass is 10.1. The Kier molecular flexibility index (Phi) is 4.94. The normalized spacial score (nSPS) is 18.0. The minimum Gasteiger partial charge on any atom is -0.375 e. The van der Waals surface area contributed by atoms with Crippen LogP contribution in [0.1, 0.15) is 24.7 Å². The van der Waals surface area contributed by atoms with Gasteiger partial charge < -0.3 is 9.64 Å². The Labute approximate surface area is 142 Å². The standard InChI is InChI=1S/C18H24N4O2/c1-4-15-11-21(9-10-24-15)17(23)12-22-18(19-14(3)20-22)16-8-6-5-7-13(16)2/h5-8,15H,4,9-12H2,1-3H3/t15-/m0/s1. The molecule has 6 nitrogen and oxygen atoms in total. The first-order valence-electron chi connectivity index (χ1n) is 8.45. The van der Waals surface area contributed by atoms with Crippen LogP contribution < -0.4 is 0 Å². The van der Waals surface area contributed by atoms with Crippen molar-refractivity contribution < 1.29 is 9.53 Å². The van der Waals surface area contributed by atoms with Crippen LogP contribution >= 0.6 is 0 Å². The fourth-order valence-corrected chi connectivity index (χ4v) is 3.01. The van der Waals surface area contributed by atoms with Crippen LogP contribution in [-0.4, -0.2) is 51.4 Å². The van der Waals surface area contributed by atoms with Crippen molar-refractivity contribution >= 4 is 5.91 Å². The highest BCUT2D eigenvalue weighted by atomic mass is 16.5. The molecule has 1 saturated heterocycles. The molecule has 1 aliphatic heterocycles. The van der Waals surface area contributed by atoms with E-state index in [-0.39, 0.29) is 18.6 Å². The lowest BCUT2D eigenvalue weighted by Gasteiger charge is -2.32. The quantitative estimate of drug-likeness (QED) is 0.863. The minimum atomic E-state index is 0.0662. The number of rotatable bonds is 4. The first-order valence-corrected chi connectivity index (χ1v) is 8.45. The van der Waals surface area contributed by atoms with E-state index >= 15 is 0 Å². The summed E-state index contributed by atoms with van der Waals surface area (Å²) in [4.78, 5) is 19.1. The zero-order valence-corrected chi connectivity index (χ0v) is 14.5. The van der Waals surface area contributed by atoms with Gasteiger partial charge in [-0.15, -0.1) is 0 Å². The Morgan fingerprint density at radius 2 is 2.12 bits per heavy atom. The van der Waals surface area contributed by atoms with Gasteiger partial charge in [0.2, 0.25) is 5.91 Å². The summed E-state index contributed by atoms with van der Waals surface area (Å²) in [5.74, 6) is 1.49. The van der Waals surface area contributed by atoms with Crippen LogP contribution in [0.5, 0.6) is 0 Å². The van der Waals surface area contributed by atoms with Crippen molar-refractivity contribution in [2.24, 2.45) is 0 Å². The second-order valence-electron chi connectivity index (χ2n) is 6.20. The number of morpholine rings is 1. The minimum absolute atomic E-state index is 0.0662. The van der Waals surface area contributed by atoms with Crippen molar-refractivity contribution in [3.8, 4) is 11.4 Å². The second kappa shape index (κ2) is 7.13. The molecule has 0 aliphatic carbocycles. The van der Waals surface area contributed by atoms with Crippen LogP contribution in [-0.2, 0) is 16.1 Å². The number of hydrogen-bond donors (Lipinski definition) is 0. The molecule has 1 fully saturated rings. The van der Waals surface area contributed by atoms with Crippen molar-refractivity contribution in [2.75, 3.05) is 19.7 Å². The van der Waals surface area contributed by atoms with Gasteiger partial charge in [0, 0.05) is 18.7 Å². The molecule has 1 aromatic carbocycles. The Bertz CT molecular complexity index is 726. The molecule has 2 aromatic rings. The zero-order valence-electron chi connectivity index (χ0n) is 14.5. The molecule has 1 amide bonds. The van der Waals surface area contributed by atoms with Gasteiger partial charge in [-0.25, -0.2) is 9.67 Å². The number of carbonyl (C=O) groups excluding carboxylic acids is 1. The zero-order chi connectivity index (χ0) is 17.1. The first kappa shape index (κ1) is 16.6. The molecule has 1 aliphatic rings. The highest BCUT2D eigenvalue weighted by Crippen LogP contribution is 2.21. The van der Waals surface area contributed by atoms with Crippen LogP contribution in [0.25, 0.3) is 11.4 Å². The summed E-state index contributed by atoms with van der Waals surface area (Å²) < 4.78 is 7.36. The molecule has 0 saturated carbocycles. The Morgan fingerprint density at radius 3 is 2.88 bits per heavy atom. The average molecular weight is 328 g/mol. The van der Waals surface area contributed by atoms with E-state index in [9.17, 15) is 4.79 Å². The van der Waals surface area contributed by atoms with Gasteiger partial charge in [0.1, 0.15) is 12.4 Å². The van der Waals surface area contributed by atoms with E-state index in [1.165, 1.54) is 0 Å². The summed E-state index contributed by atoms with van der Waals surface area (Å²) in [7, 11) is 0. The molecule has 0 bridgehead atoms. The van der Waals surface area contributed by atoms with Crippen LogP contribution in [0, 0.1) is 13.8 Å². The highest BCUT2D eigenvalue weighted by molar-refractivity contribution is 5.77. The molecule has 24 heavy (non-hydrogen) atoms. The number of ether oxygens (including phenoxy) is 1. The molecular weight excluding hydrogens is 304 g/mol. The number of benzene rings is 1. The van der Waals surface area contributed by atoms with Crippen LogP contribution in [0.15, 0.2) is 24.3 Å². The third-order valence-electron chi connectivity index (χ3n) is 4.40. The fourth-order valence-electron chi connectivity index (χ4n) is 3.01. The summed E-state index contributed by atoms with van der Waals surface area (Å²) in [5, 5.41) is 4.43. The maximum atomic E-state index is 12.7. The van der Waals surface area contributed by atoms with Gasteiger partial charge in [-0.2, -0.15) is 5.10 Å². The predicted octanol–water partition coefficient (Wildman–Crippen LogP) is 2.20. The number of amides is 1. The van der Waals surface area contributed by atoms with Crippen LogP contribution in [0.4, 0.5) is 0 Å². The smallest absolute Gasteiger partial charge is 0.244 e. The Balaban J connectivity index is 1.81. The summed E-state index contributed by atoms with van der Waals surface area (Å²) in [5.41, 5.74) is 2.13. The van der Waals surface area contributed by atoms with Crippen LogP contribution in [0.3, 0.4) is 0 Å². The van der Waals surface area contributed by atoms with E-state index in [0.29, 0.717) is 25.5 Å². The van der Waals surface area contributed by atoms with Gasteiger partial charge in [-0.1, -0.05) is 31.2 Å². The Hall–Kier alpha value is -2.21. The Morgan fingerprint density at radius 1 is 1.33 bits per heavy atom. The molecule has 6 heteroatoms. The summed E-state index contributed by atoms with van der Waals surface area (Å²) in [6.07, 6.45) is 1.05. The lowest BCUT2D eigenvalue weighted by molar-refractivity contribution is -0.139. The summed E-state index contributed by atoms with van der Waals surface area (Å²) >= 11 is 0. The maximum Gasteiger partial charge on any atom is 0.244 e. The number of carbonyl (C=O) groups is 1. The van der Waals surface area contributed by atoms with Gasteiger partial charge in [-0.3, -0.25) is 4.79 Å². The number of aromatic nitrogens is 3. The van der Waals surface area contributed by atoms with Gasteiger partial charge in [0.05, 0.1) is 12.7 Å². The molecule has 0 radical (unpaired) electrons. The van der Waals surface area contributed by atoms with E-state index in [0.717, 1.165) is 23.4 Å². The molecule has 2 heterocycles. The molecule has 128 valence electrons. The van der Waals surface area contributed by atoms with Gasteiger partial charge >= 0.3 is 0 Å². The van der Waals surface area contributed by atoms with E-state index in [2.05, 4.69) is 17.0 Å². The largest absolute Gasteiger partial charge is 0.375 e. The molecule has 0 N–H and O–H groups in total. The molecule has 3 rings (SSSR count). The number of aryl methyl sites for hydroxylation is 2. The number of hydrogen-bond acceptors (Lipinski definition) is 4. The second-order valence-corrected chi connectivity index (χ2v) is 6.20. The summed E-state index contributed by atoms with van der Waals surface area (Å²) in [6, 6.07) is 8.03. The van der Waals surface area contributed by atoms with E-state index in [4.69, 9.17) is 4.74 Å². The molecule has 1 atom stereocenters. The van der Waals surface area contributed by atoms with Crippen molar-refractivity contribution in [2.45, 2.75) is 39.8 Å². The summed E-state index contributed by atoms with van der Waals surface area (Å²) in [6.45, 7) is 8.08. The first-order chi connectivity index (χ1) is 11.6. The van der Waals surface area contributed by atoms with E-state index < -0.39 is 0 Å². The molecule has 0 spiro atoms. The van der Waals surface area contributed by atoms with Crippen molar-refractivity contribution in [1.29, 1.82) is 0 Å². The molecule has 0 unspecified atom stereocenters. The topological polar surface area (TPSA) is 60.2 Å². The van der Waals surface area contributed by atoms with Gasteiger partial charge in [0.15, 0.2) is 5.82 Å². The monoisotopic (exact) mass is 328 g/mol. The van der Waals surface area contributed by atoms with Crippen molar-refractivity contribution in [1.82, 2.24) is 19.7 Å². The number of nitrogens with zero attached hydrogens (tertiary/aromatic N) is 4. The van der Waals surface area contributed by atoms with Crippen molar-refractivity contribution in [3.63, 3.8) is 0 Å². The van der Waals surface area contributed by atoms with E-state index in [1.54, 1.807) is 4.68 Å². The highest BCUT2D eigenvalue weighted by Gasteiger charge is 2.24. The third kappa shape index (κ3) is 3.48. The molecular formula is C18H24N4O2. The molecule has 1 aromatic heterocycles.